The number of benzene rings is 2. The molecular weight excluding hydrogens is 438 g/mol. The first-order valence-corrected chi connectivity index (χ1v) is 10.6. The van der Waals surface area contributed by atoms with Crippen molar-refractivity contribution in [1.82, 2.24) is 15.4 Å². The monoisotopic (exact) mass is 457 g/mol. The summed E-state index contributed by atoms with van der Waals surface area (Å²) in [5, 5.41) is 15.4. The van der Waals surface area contributed by atoms with Crippen LogP contribution in [0.3, 0.4) is 0 Å². The average molecular weight is 458 g/mol. The van der Waals surface area contributed by atoms with E-state index in [1.807, 2.05) is 0 Å². The number of aromatic hydroxyl groups is 1. The number of ether oxygens (including phenoxy) is 1. The predicted octanol–water partition coefficient (Wildman–Crippen LogP) is 1.81. The number of nitrogens with one attached hydrogen (secondary N) is 3. The van der Waals surface area contributed by atoms with Crippen LogP contribution in [0.4, 0.5) is 0 Å². The number of rotatable bonds is 7. The Morgan fingerprint density at radius 1 is 1.24 bits per heavy atom. The van der Waals surface area contributed by atoms with E-state index < -0.39 is 15.8 Å². The van der Waals surface area contributed by atoms with Gasteiger partial charge in [0.15, 0.2) is 5.11 Å². The Balaban J connectivity index is 2.09. The van der Waals surface area contributed by atoms with Gasteiger partial charge in [-0.25, -0.2) is 8.42 Å². The summed E-state index contributed by atoms with van der Waals surface area (Å²) in [6.07, 6.45) is 0.327. The molecule has 0 atom stereocenters. The summed E-state index contributed by atoms with van der Waals surface area (Å²) in [5.74, 6) is -0.402. The number of hydrogen-bond donors (Lipinski definition) is 4. The van der Waals surface area contributed by atoms with Crippen LogP contribution in [-0.2, 0) is 16.4 Å². The molecule has 8 nitrogen and oxygen atoms in total. The zero-order valence-corrected chi connectivity index (χ0v) is 18.0. The van der Waals surface area contributed by atoms with Crippen molar-refractivity contribution in [3.05, 3.63) is 52.5 Å². The minimum atomic E-state index is -4.05. The molecule has 0 aliphatic heterocycles. The largest absolute Gasteiger partial charge is 0.507 e. The van der Waals surface area contributed by atoms with Gasteiger partial charge < -0.3 is 20.5 Å². The number of sulfonamides is 1. The molecule has 0 saturated carbocycles. The van der Waals surface area contributed by atoms with Crippen molar-refractivity contribution in [2.75, 3.05) is 20.7 Å². The second-order valence-corrected chi connectivity index (χ2v) is 8.33. The standard InChI is InChI=1S/C18H20ClN3O5S2/c1-20-18(28)22-29(25,26)16-9-11(3-5-14(16)23)7-8-21-17(24)13-10-12(19)4-6-15(13)27-2/h3-6,9-10,23H,7-8H2,1-2H3,(H,21,24)(H2,20,22,28). The molecule has 4 N–H and O–H groups in total. The first kappa shape index (κ1) is 22.7. The molecule has 0 saturated heterocycles. The second-order valence-electron chi connectivity index (χ2n) is 5.84. The van der Waals surface area contributed by atoms with Crippen LogP contribution in [0.1, 0.15) is 15.9 Å². The molecule has 2 aromatic rings. The van der Waals surface area contributed by atoms with E-state index >= 15 is 0 Å². The van der Waals surface area contributed by atoms with Gasteiger partial charge >= 0.3 is 0 Å². The smallest absolute Gasteiger partial charge is 0.267 e. The SMILES string of the molecule is CNC(=S)NS(=O)(=O)c1cc(CCNC(=O)c2cc(Cl)ccc2OC)ccc1O. The van der Waals surface area contributed by atoms with Gasteiger partial charge in [-0.1, -0.05) is 17.7 Å². The van der Waals surface area contributed by atoms with E-state index in [0.29, 0.717) is 28.3 Å². The molecule has 2 rings (SSSR count). The molecule has 0 unspecified atom stereocenters. The highest BCUT2D eigenvalue weighted by atomic mass is 35.5. The molecule has 1 amide bonds. The molecule has 156 valence electrons. The van der Waals surface area contributed by atoms with Crippen LogP contribution < -0.4 is 20.1 Å². The van der Waals surface area contributed by atoms with Gasteiger partial charge in [0.05, 0.1) is 12.7 Å². The fourth-order valence-electron chi connectivity index (χ4n) is 2.43. The number of phenols is 1. The summed E-state index contributed by atoms with van der Waals surface area (Å²) in [4.78, 5) is 12.1. The molecule has 0 fully saturated rings. The zero-order valence-electron chi connectivity index (χ0n) is 15.7. The number of thiocarbonyl (C=S) groups is 1. The molecule has 0 radical (unpaired) electrons. The topological polar surface area (TPSA) is 117 Å². The van der Waals surface area contributed by atoms with Gasteiger partial charge in [-0.2, -0.15) is 0 Å². The van der Waals surface area contributed by atoms with Crippen molar-refractivity contribution in [2.24, 2.45) is 0 Å². The van der Waals surface area contributed by atoms with Gasteiger partial charge in [0.1, 0.15) is 16.4 Å². The Morgan fingerprint density at radius 2 is 1.97 bits per heavy atom. The van der Waals surface area contributed by atoms with Crippen molar-refractivity contribution in [3.63, 3.8) is 0 Å². The van der Waals surface area contributed by atoms with Gasteiger partial charge in [-0.3, -0.25) is 9.52 Å². The summed E-state index contributed by atoms with van der Waals surface area (Å²) < 4.78 is 32.0. The zero-order chi connectivity index (χ0) is 21.6. The maximum Gasteiger partial charge on any atom is 0.267 e. The number of halogens is 1. The highest BCUT2D eigenvalue weighted by Crippen LogP contribution is 2.24. The van der Waals surface area contributed by atoms with Crippen molar-refractivity contribution < 1.29 is 23.1 Å². The van der Waals surface area contributed by atoms with Crippen LogP contribution >= 0.6 is 23.8 Å². The Bertz CT molecular complexity index is 1030. The normalized spacial score (nSPS) is 10.9. The fourth-order valence-corrected chi connectivity index (χ4v) is 4.04. The number of hydrogen-bond acceptors (Lipinski definition) is 6. The van der Waals surface area contributed by atoms with E-state index in [-0.39, 0.29) is 22.5 Å². The van der Waals surface area contributed by atoms with Crippen molar-refractivity contribution >= 4 is 44.9 Å². The number of phenolic OH excluding ortho intramolecular Hbond substituents is 1. The van der Waals surface area contributed by atoms with Crippen LogP contribution in [0.5, 0.6) is 11.5 Å². The summed E-state index contributed by atoms with van der Waals surface area (Å²) in [6.45, 7) is 0.223. The molecule has 0 aliphatic carbocycles. The number of carbonyl (C=O) groups is 1. The second kappa shape index (κ2) is 9.77. The highest BCUT2D eigenvalue weighted by molar-refractivity contribution is 7.92. The van der Waals surface area contributed by atoms with E-state index in [9.17, 15) is 18.3 Å². The first-order valence-electron chi connectivity index (χ1n) is 8.36. The van der Waals surface area contributed by atoms with E-state index in [1.54, 1.807) is 18.2 Å². The van der Waals surface area contributed by atoms with Crippen LogP contribution in [-0.4, -0.2) is 45.2 Å². The Kier molecular flexibility index (Phi) is 7.66. The van der Waals surface area contributed by atoms with Crippen molar-refractivity contribution in [1.29, 1.82) is 0 Å². The quantitative estimate of drug-likeness (QED) is 0.468. The predicted molar refractivity (Wildman–Crippen MR) is 114 cm³/mol. The van der Waals surface area contributed by atoms with E-state index in [1.165, 1.54) is 32.4 Å². The third-order valence-electron chi connectivity index (χ3n) is 3.87. The van der Waals surface area contributed by atoms with Crippen LogP contribution in [0.2, 0.25) is 5.02 Å². The lowest BCUT2D eigenvalue weighted by atomic mass is 10.1. The Morgan fingerprint density at radius 3 is 2.62 bits per heavy atom. The van der Waals surface area contributed by atoms with Crippen LogP contribution in [0.15, 0.2) is 41.3 Å². The molecule has 0 aliphatic rings. The van der Waals surface area contributed by atoms with E-state index in [0.717, 1.165) is 0 Å². The van der Waals surface area contributed by atoms with Gasteiger partial charge in [-0.05, 0) is 54.5 Å². The molecule has 11 heteroatoms. The third kappa shape index (κ3) is 5.96. The van der Waals surface area contributed by atoms with E-state index in [4.69, 9.17) is 28.6 Å². The fraction of sp³-hybridized carbons (Fsp3) is 0.222. The van der Waals surface area contributed by atoms with Gasteiger partial charge in [-0.15, -0.1) is 0 Å². The minimum Gasteiger partial charge on any atom is -0.507 e. The molecule has 0 heterocycles. The lowest BCUT2D eigenvalue weighted by Crippen LogP contribution is -2.37. The lowest BCUT2D eigenvalue weighted by Gasteiger charge is -2.12. The number of carbonyl (C=O) groups excluding carboxylic acids is 1. The number of methoxy groups -OCH3 is 1. The van der Waals surface area contributed by atoms with Crippen LogP contribution in [0.25, 0.3) is 0 Å². The first-order chi connectivity index (χ1) is 13.7. The highest BCUT2D eigenvalue weighted by Gasteiger charge is 2.20. The summed E-state index contributed by atoms with van der Waals surface area (Å²) in [6, 6.07) is 8.87. The van der Waals surface area contributed by atoms with E-state index in [2.05, 4.69) is 15.4 Å². The van der Waals surface area contributed by atoms with Gasteiger partial charge in [0, 0.05) is 18.6 Å². The summed E-state index contributed by atoms with van der Waals surface area (Å²) >= 11 is 10.7. The molecule has 0 aromatic heterocycles. The molecule has 2 aromatic carbocycles. The number of amides is 1. The maximum absolute atomic E-state index is 12.4. The molecular formula is C18H20ClN3O5S2. The Hall–Kier alpha value is -2.56. The molecule has 0 bridgehead atoms. The van der Waals surface area contributed by atoms with Crippen LogP contribution in [0, 0.1) is 0 Å². The summed E-state index contributed by atoms with van der Waals surface area (Å²) in [7, 11) is -1.12. The van der Waals surface area contributed by atoms with Crippen molar-refractivity contribution in [2.45, 2.75) is 11.3 Å². The average Bonchev–Trinajstić information content (AvgIpc) is 2.68. The Labute approximate surface area is 179 Å². The summed E-state index contributed by atoms with van der Waals surface area (Å²) in [5.41, 5.74) is 0.885. The van der Waals surface area contributed by atoms with Gasteiger partial charge in [0.25, 0.3) is 15.9 Å². The maximum atomic E-state index is 12.4. The van der Waals surface area contributed by atoms with Gasteiger partial charge in [0.2, 0.25) is 0 Å². The molecule has 29 heavy (non-hydrogen) atoms. The van der Waals surface area contributed by atoms with Crippen molar-refractivity contribution in [3.8, 4) is 11.5 Å². The molecule has 0 spiro atoms. The third-order valence-corrected chi connectivity index (χ3v) is 5.92. The minimum absolute atomic E-state index is 0.0995. The lowest BCUT2D eigenvalue weighted by molar-refractivity contribution is 0.0951.